The number of pyridine rings is 1. The van der Waals surface area contributed by atoms with Gasteiger partial charge in [0.15, 0.2) is 5.60 Å². The summed E-state index contributed by atoms with van der Waals surface area (Å²) in [6, 6.07) is 24.0. The van der Waals surface area contributed by atoms with Gasteiger partial charge >= 0.3 is 0 Å². The Morgan fingerprint density at radius 3 is 2.43 bits per heavy atom. The molecule has 0 aliphatic rings. The van der Waals surface area contributed by atoms with Gasteiger partial charge in [0.25, 0.3) is 5.88 Å². The molecule has 7 nitrogen and oxygen atoms in total. The second kappa shape index (κ2) is 9.94. The third kappa shape index (κ3) is 4.38. The number of imidazole rings is 1. The number of fused-ring (bicyclic) bond motifs is 1. The minimum absolute atomic E-state index is 0.273. The van der Waals surface area contributed by atoms with E-state index in [1.54, 1.807) is 59.6 Å². The normalized spacial score (nSPS) is 12.6. The quantitative estimate of drug-likeness (QED) is 0.316. The molecule has 1 N–H and O–H groups in total. The van der Waals surface area contributed by atoms with Crippen LogP contribution in [0, 0.1) is 11.3 Å². The Morgan fingerprint density at radius 2 is 1.78 bits per heavy atom. The summed E-state index contributed by atoms with van der Waals surface area (Å²) in [6.45, 7) is 0.286. The summed E-state index contributed by atoms with van der Waals surface area (Å²) < 4.78 is 13.3. The molecule has 0 spiro atoms. The average molecular weight is 511 g/mol. The molecule has 5 rings (SSSR count). The van der Waals surface area contributed by atoms with Crippen LogP contribution in [0.1, 0.15) is 27.9 Å². The summed E-state index contributed by atoms with van der Waals surface area (Å²) in [4.78, 5) is 8.82. The maximum atomic E-state index is 12.3. The Labute approximate surface area is 219 Å². The molecule has 0 bridgehead atoms. The first-order valence-electron chi connectivity index (χ1n) is 11.5. The molecule has 184 valence electrons. The first kappa shape index (κ1) is 24.3. The lowest BCUT2D eigenvalue weighted by Gasteiger charge is -2.30. The zero-order chi connectivity index (χ0) is 26.0. The Balaban J connectivity index is 1.66. The standard InChI is InChI=1S/C29H23ClN4O3/c1-34-18-32-16-25(34)29(35,21-10-8-19(15-31)9-11-21)22-12-13-24-23(14-22)26(30)27(28(33-24)36-2)37-17-20-6-4-3-5-7-20/h3-14,16,18,35H,17H2,1-2H3. The molecule has 0 radical (unpaired) electrons. The Hall–Kier alpha value is -4.38. The van der Waals surface area contributed by atoms with Crippen molar-refractivity contribution < 1.29 is 14.6 Å². The van der Waals surface area contributed by atoms with Crippen molar-refractivity contribution in [1.82, 2.24) is 14.5 Å². The molecule has 2 heterocycles. The lowest BCUT2D eigenvalue weighted by atomic mass is 9.82. The number of methoxy groups -OCH3 is 1. The van der Waals surface area contributed by atoms with E-state index in [0.29, 0.717) is 44.1 Å². The second-order valence-electron chi connectivity index (χ2n) is 8.56. The van der Waals surface area contributed by atoms with E-state index in [9.17, 15) is 10.4 Å². The van der Waals surface area contributed by atoms with Crippen LogP contribution in [0.2, 0.25) is 5.02 Å². The van der Waals surface area contributed by atoms with E-state index in [1.165, 1.54) is 7.11 Å². The summed E-state index contributed by atoms with van der Waals surface area (Å²) in [6.07, 6.45) is 3.24. The number of nitriles is 1. The number of nitrogens with zero attached hydrogens (tertiary/aromatic N) is 4. The first-order chi connectivity index (χ1) is 18.0. The lowest BCUT2D eigenvalue weighted by Crippen LogP contribution is -2.31. The SMILES string of the molecule is COc1nc2ccc(C(O)(c3ccc(C#N)cc3)c3cncn3C)cc2c(Cl)c1OCc1ccccc1. The van der Waals surface area contributed by atoms with E-state index in [4.69, 9.17) is 21.1 Å². The van der Waals surface area contributed by atoms with Gasteiger partial charge in [-0.1, -0.05) is 60.1 Å². The highest BCUT2D eigenvalue weighted by Gasteiger charge is 2.37. The van der Waals surface area contributed by atoms with Crippen LogP contribution in [-0.4, -0.2) is 26.8 Å². The van der Waals surface area contributed by atoms with Gasteiger partial charge in [-0.25, -0.2) is 9.97 Å². The Bertz CT molecular complexity index is 1610. The largest absolute Gasteiger partial charge is 0.482 e. The van der Waals surface area contributed by atoms with Crippen LogP contribution >= 0.6 is 11.6 Å². The summed E-state index contributed by atoms with van der Waals surface area (Å²) in [5.74, 6) is 0.593. The smallest absolute Gasteiger partial charge is 0.258 e. The molecule has 1 atom stereocenters. The predicted molar refractivity (Wildman–Crippen MR) is 141 cm³/mol. The highest BCUT2D eigenvalue weighted by atomic mass is 35.5. The van der Waals surface area contributed by atoms with Crippen LogP contribution in [0.5, 0.6) is 11.6 Å². The first-order valence-corrected chi connectivity index (χ1v) is 11.9. The zero-order valence-electron chi connectivity index (χ0n) is 20.2. The summed E-state index contributed by atoms with van der Waals surface area (Å²) in [7, 11) is 3.33. The number of rotatable bonds is 7. The van der Waals surface area contributed by atoms with Crippen molar-refractivity contribution in [1.29, 1.82) is 5.26 Å². The van der Waals surface area contributed by atoms with Crippen molar-refractivity contribution in [3.8, 4) is 17.7 Å². The fraction of sp³-hybridized carbons (Fsp3) is 0.138. The molecule has 0 aliphatic heterocycles. The molecule has 1 unspecified atom stereocenters. The van der Waals surface area contributed by atoms with Gasteiger partial charge in [0.1, 0.15) is 6.61 Å². The number of benzene rings is 3. The van der Waals surface area contributed by atoms with E-state index in [0.717, 1.165) is 5.56 Å². The van der Waals surface area contributed by atoms with Crippen LogP contribution in [0.4, 0.5) is 0 Å². The third-order valence-corrected chi connectivity index (χ3v) is 6.68. The number of ether oxygens (including phenoxy) is 2. The number of hydrogen-bond acceptors (Lipinski definition) is 6. The molecule has 8 heteroatoms. The van der Waals surface area contributed by atoms with Crippen LogP contribution < -0.4 is 9.47 Å². The third-order valence-electron chi connectivity index (χ3n) is 6.30. The molecule has 5 aromatic rings. The highest BCUT2D eigenvalue weighted by Crippen LogP contribution is 2.43. The minimum Gasteiger partial charge on any atom is -0.482 e. The second-order valence-corrected chi connectivity index (χ2v) is 8.94. The molecule has 3 aromatic carbocycles. The summed E-state index contributed by atoms with van der Waals surface area (Å²) in [5.41, 5.74) is 2.15. The molecule has 2 aromatic heterocycles. The molecule has 0 saturated heterocycles. The number of hydrogen-bond donors (Lipinski definition) is 1. The predicted octanol–water partition coefficient (Wildman–Crippen LogP) is 5.37. The molecular weight excluding hydrogens is 488 g/mol. The van der Waals surface area contributed by atoms with Gasteiger partial charge in [-0.15, -0.1) is 0 Å². The van der Waals surface area contributed by atoms with Crippen molar-refractivity contribution in [3.05, 3.63) is 118 Å². The topological polar surface area (TPSA) is 93.2 Å². The fourth-order valence-electron chi connectivity index (χ4n) is 4.36. The van der Waals surface area contributed by atoms with Gasteiger partial charge in [-0.3, -0.25) is 0 Å². The van der Waals surface area contributed by atoms with E-state index in [2.05, 4.69) is 16.0 Å². The van der Waals surface area contributed by atoms with Crippen molar-refractivity contribution in [3.63, 3.8) is 0 Å². The van der Waals surface area contributed by atoms with Gasteiger partial charge in [0, 0.05) is 12.4 Å². The molecule has 0 amide bonds. The maximum Gasteiger partial charge on any atom is 0.258 e. The van der Waals surface area contributed by atoms with Crippen molar-refractivity contribution in [2.45, 2.75) is 12.2 Å². The van der Waals surface area contributed by atoms with E-state index in [-0.39, 0.29) is 12.5 Å². The molecular formula is C29H23ClN4O3. The number of aliphatic hydroxyl groups is 1. The van der Waals surface area contributed by atoms with E-state index < -0.39 is 5.60 Å². The van der Waals surface area contributed by atoms with Crippen molar-refractivity contribution in [2.75, 3.05) is 7.11 Å². The number of halogens is 1. The van der Waals surface area contributed by atoms with Crippen LogP contribution in [-0.2, 0) is 19.3 Å². The Kier molecular flexibility index (Phi) is 6.53. The van der Waals surface area contributed by atoms with Gasteiger partial charge in [-0.05, 0) is 41.0 Å². The molecule has 0 saturated carbocycles. The number of aryl methyl sites for hydroxylation is 1. The fourth-order valence-corrected chi connectivity index (χ4v) is 4.64. The van der Waals surface area contributed by atoms with Gasteiger partial charge in [0.2, 0.25) is 5.75 Å². The lowest BCUT2D eigenvalue weighted by molar-refractivity contribution is 0.117. The molecule has 0 aliphatic carbocycles. The maximum absolute atomic E-state index is 12.3. The van der Waals surface area contributed by atoms with Crippen LogP contribution in [0.15, 0.2) is 85.3 Å². The monoisotopic (exact) mass is 510 g/mol. The van der Waals surface area contributed by atoms with Crippen LogP contribution in [0.3, 0.4) is 0 Å². The van der Waals surface area contributed by atoms with Gasteiger partial charge in [0.05, 0.1) is 47.5 Å². The van der Waals surface area contributed by atoms with Crippen molar-refractivity contribution >= 4 is 22.5 Å². The number of aromatic nitrogens is 3. The molecule has 37 heavy (non-hydrogen) atoms. The average Bonchev–Trinajstić information content (AvgIpc) is 3.38. The highest BCUT2D eigenvalue weighted by molar-refractivity contribution is 6.37. The summed E-state index contributed by atoms with van der Waals surface area (Å²) >= 11 is 6.88. The zero-order valence-corrected chi connectivity index (χ0v) is 21.0. The van der Waals surface area contributed by atoms with Crippen molar-refractivity contribution in [2.24, 2.45) is 7.05 Å². The summed E-state index contributed by atoms with van der Waals surface area (Å²) in [5, 5.41) is 22.4. The molecule has 0 fully saturated rings. The minimum atomic E-state index is -1.58. The van der Waals surface area contributed by atoms with Crippen LogP contribution in [0.25, 0.3) is 10.9 Å². The van der Waals surface area contributed by atoms with Gasteiger partial charge < -0.3 is 19.1 Å². The van der Waals surface area contributed by atoms with E-state index in [1.807, 2.05) is 37.4 Å². The Morgan fingerprint density at radius 1 is 1.05 bits per heavy atom. The van der Waals surface area contributed by atoms with Gasteiger partial charge in [-0.2, -0.15) is 5.26 Å². The van der Waals surface area contributed by atoms with E-state index >= 15 is 0 Å².